The molecular formula is C10H21NO2. The zero-order valence-corrected chi connectivity index (χ0v) is 9.01. The van der Waals surface area contributed by atoms with Gasteiger partial charge < -0.3 is 0 Å². The van der Waals surface area contributed by atoms with E-state index in [1.54, 1.807) is 0 Å². The van der Waals surface area contributed by atoms with Gasteiger partial charge in [0.1, 0.15) is 6.73 Å². The molecule has 0 N–H and O–H groups in total. The Bertz CT molecular complexity index is 136. The molecule has 1 aliphatic heterocycles. The molecule has 1 fully saturated rings. The highest BCUT2D eigenvalue weighted by Gasteiger charge is 2.14. The van der Waals surface area contributed by atoms with Crippen LogP contribution in [-0.2, 0) is 9.78 Å². The van der Waals surface area contributed by atoms with Crippen molar-refractivity contribution in [3.8, 4) is 0 Å². The molecule has 0 aromatic heterocycles. The van der Waals surface area contributed by atoms with Crippen LogP contribution in [0.25, 0.3) is 0 Å². The van der Waals surface area contributed by atoms with Gasteiger partial charge in [-0.15, -0.1) is 0 Å². The molecular weight excluding hydrogens is 166 g/mol. The van der Waals surface area contributed by atoms with Crippen LogP contribution in [0.4, 0.5) is 0 Å². The highest BCUT2D eigenvalue weighted by atomic mass is 17.2. The Hall–Kier alpha value is -0.120. The number of piperidine rings is 1. The fourth-order valence-electron chi connectivity index (χ4n) is 1.37. The molecule has 0 unspecified atom stereocenters. The molecule has 1 heterocycles. The first-order valence-electron chi connectivity index (χ1n) is 5.11. The zero-order valence-electron chi connectivity index (χ0n) is 9.01. The van der Waals surface area contributed by atoms with Crippen molar-refractivity contribution in [3.05, 3.63) is 0 Å². The largest absolute Gasteiger partial charge is 0.278 e. The Morgan fingerprint density at radius 3 is 2.23 bits per heavy atom. The van der Waals surface area contributed by atoms with Gasteiger partial charge in [0.2, 0.25) is 0 Å². The Morgan fingerprint density at radius 1 is 1.08 bits per heavy atom. The minimum Gasteiger partial charge on any atom is -0.278 e. The molecule has 0 amide bonds. The number of nitrogens with zero attached hydrogens (tertiary/aromatic N) is 1. The normalized spacial score (nSPS) is 20.5. The Morgan fingerprint density at radius 2 is 1.69 bits per heavy atom. The molecule has 1 saturated heterocycles. The third kappa shape index (κ3) is 5.24. The van der Waals surface area contributed by atoms with E-state index in [1.807, 2.05) is 20.8 Å². The molecule has 13 heavy (non-hydrogen) atoms. The first-order chi connectivity index (χ1) is 6.08. The van der Waals surface area contributed by atoms with E-state index in [1.165, 1.54) is 19.3 Å². The molecule has 0 saturated carbocycles. The topological polar surface area (TPSA) is 21.7 Å². The first-order valence-corrected chi connectivity index (χ1v) is 5.11. The molecule has 3 nitrogen and oxygen atoms in total. The zero-order chi connectivity index (χ0) is 9.73. The van der Waals surface area contributed by atoms with Gasteiger partial charge in [-0.25, -0.2) is 9.78 Å². The summed E-state index contributed by atoms with van der Waals surface area (Å²) in [6.45, 7) is 8.87. The van der Waals surface area contributed by atoms with Crippen LogP contribution in [0.3, 0.4) is 0 Å². The summed E-state index contributed by atoms with van der Waals surface area (Å²) in [6, 6.07) is 0. The number of rotatable bonds is 3. The maximum atomic E-state index is 5.19. The van der Waals surface area contributed by atoms with Gasteiger partial charge in [-0.2, -0.15) is 0 Å². The third-order valence-corrected chi connectivity index (χ3v) is 1.99. The van der Waals surface area contributed by atoms with Crippen LogP contribution in [0.15, 0.2) is 0 Å². The van der Waals surface area contributed by atoms with E-state index in [0.717, 1.165) is 13.1 Å². The minimum absolute atomic E-state index is 0.199. The molecule has 3 heteroatoms. The lowest BCUT2D eigenvalue weighted by Gasteiger charge is -2.27. The van der Waals surface area contributed by atoms with Crippen molar-refractivity contribution >= 4 is 0 Å². The molecule has 78 valence electrons. The summed E-state index contributed by atoms with van der Waals surface area (Å²) in [6.07, 6.45) is 3.94. The lowest BCUT2D eigenvalue weighted by Crippen LogP contribution is -2.33. The number of hydrogen-bond donors (Lipinski definition) is 0. The second-order valence-electron chi connectivity index (χ2n) is 4.62. The molecule has 0 radical (unpaired) electrons. The van der Waals surface area contributed by atoms with Gasteiger partial charge in [0, 0.05) is 13.1 Å². The molecule has 0 aromatic rings. The molecule has 0 aliphatic carbocycles. The van der Waals surface area contributed by atoms with E-state index in [4.69, 9.17) is 9.78 Å². The SMILES string of the molecule is CC(C)(C)OOCN1CCCCC1. The molecule has 1 rings (SSSR count). The molecule has 0 atom stereocenters. The summed E-state index contributed by atoms with van der Waals surface area (Å²) in [4.78, 5) is 12.6. The summed E-state index contributed by atoms with van der Waals surface area (Å²) in [5.74, 6) is 0. The summed E-state index contributed by atoms with van der Waals surface area (Å²) in [5, 5.41) is 0. The van der Waals surface area contributed by atoms with Crippen LogP contribution in [0, 0.1) is 0 Å². The lowest BCUT2D eigenvalue weighted by atomic mass is 10.1. The van der Waals surface area contributed by atoms with Crippen molar-refractivity contribution in [2.45, 2.75) is 45.6 Å². The predicted molar refractivity (Wildman–Crippen MR) is 52.2 cm³/mol. The molecule has 0 spiro atoms. The first kappa shape index (κ1) is 11.0. The fraction of sp³-hybridized carbons (Fsp3) is 1.00. The Labute approximate surface area is 80.9 Å². The highest BCUT2D eigenvalue weighted by Crippen LogP contribution is 2.10. The molecule has 1 aliphatic rings. The quantitative estimate of drug-likeness (QED) is 0.499. The van der Waals surface area contributed by atoms with Gasteiger partial charge in [0.25, 0.3) is 0 Å². The van der Waals surface area contributed by atoms with Gasteiger partial charge in [-0.05, 0) is 33.6 Å². The van der Waals surface area contributed by atoms with Crippen molar-refractivity contribution in [2.75, 3.05) is 19.8 Å². The van der Waals surface area contributed by atoms with Crippen molar-refractivity contribution in [2.24, 2.45) is 0 Å². The van der Waals surface area contributed by atoms with E-state index in [0.29, 0.717) is 6.73 Å². The number of hydrogen-bond acceptors (Lipinski definition) is 3. The second-order valence-corrected chi connectivity index (χ2v) is 4.62. The van der Waals surface area contributed by atoms with Crippen molar-refractivity contribution in [1.82, 2.24) is 4.90 Å². The fourth-order valence-corrected chi connectivity index (χ4v) is 1.37. The standard InChI is InChI=1S/C10H21NO2/c1-10(2,3)13-12-9-11-7-5-4-6-8-11/h4-9H2,1-3H3. The van der Waals surface area contributed by atoms with E-state index >= 15 is 0 Å². The summed E-state index contributed by atoms with van der Waals surface area (Å²) in [5.41, 5.74) is -0.199. The third-order valence-electron chi connectivity index (χ3n) is 1.99. The average Bonchev–Trinajstić information content (AvgIpc) is 2.04. The van der Waals surface area contributed by atoms with Crippen molar-refractivity contribution in [3.63, 3.8) is 0 Å². The van der Waals surface area contributed by atoms with Gasteiger partial charge in [-0.1, -0.05) is 6.42 Å². The summed E-state index contributed by atoms with van der Waals surface area (Å²) in [7, 11) is 0. The van der Waals surface area contributed by atoms with Gasteiger partial charge in [-0.3, -0.25) is 4.90 Å². The van der Waals surface area contributed by atoms with Crippen LogP contribution < -0.4 is 0 Å². The maximum Gasteiger partial charge on any atom is 0.135 e. The van der Waals surface area contributed by atoms with Crippen LogP contribution in [0.2, 0.25) is 0 Å². The second kappa shape index (κ2) is 4.94. The van der Waals surface area contributed by atoms with Crippen LogP contribution in [0.5, 0.6) is 0 Å². The van der Waals surface area contributed by atoms with Gasteiger partial charge >= 0.3 is 0 Å². The maximum absolute atomic E-state index is 5.19. The van der Waals surface area contributed by atoms with Crippen molar-refractivity contribution in [1.29, 1.82) is 0 Å². The lowest BCUT2D eigenvalue weighted by molar-refractivity contribution is -0.365. The van der Waals surface area contributed by atoms with E-state index in [2.05, 4.69) is 4.90 Å². The average molecular weight is 187 g/mol. The molecule has 0 bridgehead atoms. The van der Waals surface area contributed by atoms with E-state index in [9.17, 15) is 0 Å². The van der Waals surface area contributed by atoms with E-state index in [-0.39, 0.29) is 5.60 Å². The monoisotopic (exact) mass is 187 g/mol. The van der Waals surface area contributed by atoms with Gasteiger partial charge in [0.05, 0.1) is 5.60 Å². The van der Waals surface area contributed by atoms with E-state index < -0.39 is 0 Å². The smallest absolute Gasteiger partial charge is 0.135 e. The van der Waals surface area contributed by atoms with Crippen molar-refractivity contribution < 1.29 is 9.78 Å². The number of likely N-dealkylation sites (tertiary alicyclic amines) is 1. The van der Waals surface area contributed by atoms with Gasteiger partial charge in [0.15, 0.2) is 0 Å². The molecule has 0 aromatic carbocycles. The van der Waals surface area contributed by atoms with Crippen LogP contribution >= 0.6 is 0 Å². The Kier molecular flexibility index (Phi) is 4.16. The summed E-state index contributed by atoms with van der Waals surface area (Å²) >= 11 is 0. The minimum atomic E-state index is -0.199. The predicted octanol–water partition coefficient (Wildman–Crippen LogP) is 2.18. The summed E-state index contributed by atoms with van der Waals surface area (Å²) < 4.78 is 0. The Balaban J connectivity index is 2.04. The highest BCUT2D eigenvalue weighted by molar-refractivity contribution is 4.60. The van der Waals surface area contributed by atoms with Crippen LogP contribution in [0.1, 0.15) is 40.0 Å². The van der Waals surface area contributed by atoms with Crippen LogP contribution in [-0.4, -0.2) is 30.3 Å².